The van der Waals surface area contributed by atoms with E-state index in [1.54, 1.807) is 0 Å². The van der Waals surface area contributed by atoms with Gasteiger partial charge in [0.15, 0.2) is 0 Å². The normalized spacial score (nSPS) is 11.6. The van der Waals surface area contributed by atoms with Crippen molar-refractivity contribution in [2.24, 2.45) is 0 Å². The van der Waals surface area contributed by atoms with Gasteiger partial charge in [-0.1, -0.05) is 72.8 Å². The largest absolute Gasteiger partial charge is 1.00 e. The number of allylic oxidation sites excluding steroid dienone is 4. The molecule has 0 unspecified atom stereocenters. The molecule has 0 atom stereocenters. The first-order chi connectivity index (χ1) is 12.4. The van der Waals surface area contributed by atoms with Crippen molar-refractivity contribution in [3.05, 3.63) is 115 Å². The van der Waals surface area contributed by atoms with Gasteiger partial charge in [0.25, 0.3) is 0 Å². The molecule has 2 heteroatoms. The molecule has 0 saturated carbocycles. The van der Waals surface area contributed by atoms with Gasteiger partial charge in [0.2, 0.25) is 0 Å². The fourth-order valence-corrected chi connectivity index (χ4v) is 7.23. The highest BCUT2D eigenvalue weighted by atomic mass is 79.9. The number of rotatable bonds is 6. The van der Waals surface area contributed by atoms with Gasteiger partial charge in [0, 0.05) is 0 Å². The molecule has 0 aliphatic heterocycles. The van der Waals surface area contributed by atoms with Crippen LogP contribution in [0.4, 0.5) is 0 Å². The van der Waals surface area contributed by atoms with Crippen molar-refractivity contribution in [3.8, 4) is 0 Å². The van der Waals surface area contributed by atoms with Crippen LogP contribution >= 0.6 is 7.26 Å². The summed E-state index contributed by atoms with van der Waals surface area (Å²) >= 11 is 0. The van der Waals surface area contributed by atoms with Crippen molar-refractivity contribution in [3.63, 3.8) is 0 Å². The Balaban J connectivity index is 0.00000243. The van der Waals surface area contributed by atoms with Crippen LogP contribution in [-0.4, -0.2) is 6.16 Å². The Bertz CT molecular complexity index is 727. The molecule has 3 rings (SSSR count). The minimum absolute atomic E-state index is 0. The fraction of sp³-hybridized carbons (Fsp3) is 0.0833. The van der Waals surface area contributed by atoms with Crippen molar-refractivity contribution in [2.75, 3.05) is 6.16 Å². The average molecular weight is 423 g/mol. The molecule has 0 amide bonds. The smallest absolute Gasteiger partial charge is 0.115 e. The molecule has 0 saturated heterocycles. The summed E-state index contributed by atoms with van der Waals surface area (Å²) in [5.41, 5.74) is 0. The highest BCUT2D eigenvalue weighted by molar-refractivity contribution is 7.95. The maximum Gasteiger partial charge on any atom is 0.115 e. The maximum absolute atomic E-state index is 2.32. The Labute approximate surface area is 168 Å². The van der Waals surface area contributed by atoms with E-state index in [4.69, 9.17) is 0 Å². The van der Waals surface area contributed by atoms with Crippen LogP contribution in [0.2, 0.25) is 0 Å². The Kier molecular flexibility index (Phi) is 8.04. The minimum Gasteiger partial charge on any atom is -1.00 e. The molecule has 0 aliphatic rings. The quantitative estimate of drug-likeness (QED) is 0.421. The summed E-state index contributed by atoms with van der Waals surface area (Å²) < 4.78 is 0. The van der Waals surface area contributed by atoms with Gasteiger partial charge < -0.3 is 17.0 Å². The second-order valence-corrected chi connectivity index (χ2v) is 9.49. The van der Waals surface area contributed by atoms with Crippen molar-refractivity contribution in [1.29, 1.82) is 0 Å². The highest BCUT2D eigenvalue weighted by Gasteiger charge is 2.43. The van der Waals surface area contributed by atoms with E-state index in [1.165, 1.54) is 15.9 Å². The van der Waals surface area contributed by atoms with E-state index in [-0.39, 0.29) is 17.0 Å². The minimum atomic E-state index is -1.71. The highest BCUT2D eigenvalue weighted by Crippen LogP contribution is 2.55. The van der Waals surface area contributed by atoms with Gasteiger partial charge in [-0.25, -0.2) is 0 Å². The Morgan fingerprint density at radius 1 is 0.615 bits per heavy atom. The molecule has 0 aliphatic carbocycles. The summed E-state index contributed by atoms with van der Waals surface area (Å²) in [6, 6.07) is 33.0. The third kappa shape index (κ3) is 4.41. The van der Waals surface area contributed by atoms with Gasteiger partial charge in [-0.15, -0.1) is 0 Å². The lowest BCUT2D eigenvalue weighted by Crippen LogP contribution is -3.00. The zero-order valence-corrected chi connectivity index (χ0v) is 17.5. The molecule has 26 heavy (non-hydrogen) atoms. The van der Waals surface area contributed by atoms with E-state index in [1.807, 2.05) is 0 Å². The topological polar surface area (TPSA) is 0 Å². The van der Waals surface area contributed by atoms with E-state index >= 15 is 0 Å². The van der Waals surface area contributed by atoms with Gasteiger partial charge in [-0.2, -0.15) is 0 Å². The van der Waals surface area contributed by atoms with Crippen LogP contribution in [0.15, 0.2) is 115 Å². The summed E-state index contributed by atoms with van der Waals surface area (Å²) in [5, 5.41) is 4.28. The van der Waals surface area contributed by atoms with Crippen molar-refractivity contribution in [1.82, 2.24) is 0 Å². The third-order valence-electron chi connectivity index (χ3n) is 4.41. The molecular formula is C24H24BrP. The van der Waals surface area contributed by atoms with Crippen molar-refractivity contribution in [2.45, 2.75) is 6.92 Å². The molecule has 0 aromatic heterocycles. The van der Waals surface area contributed by atoms with Crippen LogP contribution in [-0.2, 0) is 0 Å². The standard InChI is InChI=1S/C24H24P.BrH/c1-2-3-4-14-21-25(22-15-8-5-9-16-22,23-17-10-6-11-18-23)24-19-12-7-13-20-24;/h2-20H,21H2,1H3;1H/q+1;/p-1/b3-2+,14-4+;. The zero-order chi connectivity index (χ0) is 17.4. The number of halogens is 1. The van der Waals surface area contributed by atoms with Crippen molar-refractivity contribution < 1.29 is 17.0 Å². The first kappa shape index (κ1) is 20.4. The SMILES string of the molecule is C/C=C/C=C/C[P+](c1ccccc1)(c1ccccc1)c1ccccc1.[Br-]. The van der Waals surface area contributed by atoms with E-state index < -0.39 is 7.26 Å². The van der Waals surface area contributed by atoms with Crippen LogP contribution in [0.1, 0.15) is 6.92 Å². The molecule has 3 aromatic carbocycles. The first-order valence-electron chi connectivity index (χ1n) is 8.70. The molecule has 0 radical (unpaired) electrons. The monoisotopic (exact) mass is 422 g/mol. The van der Waals surface area contributed by atoms with Gasteiger partial charge in [0.1, 0.15) is 23.2 Å². The fourth-order valence-electron chi connectivity index (χ4n) is 3.22. The third-order valence-corrected chi connectivity index (χ3v) is 8.71. The second kappa shape index (κ2) is 10.3. The lowest BCUT2D eigenvalue weighted by molar-refractivity contribution is -0.00000488. The molecule has 0 N–H and O–H groups in total. The van der Waals surface area contributed by atoms with Crippen LogP contribution in [0.25, 0.3) is 0 Å². The second-order valence-electron chi connectivity index (χ2n) is 5.95. The van der Waals surface area contributed by atoms with Gasteiger partial charge in [0.05, 0.1) is 6.16 Å². The lowest BCUT2D eigenvalue weighted by atomic mass is 10.4. The number of hydrogen-bond acceptors (Lipinski definition) is 0. The molecule has 0 heterocycles. The predicted octanol–water partition coefficient (Wildman–Crippen LogP) is 2.12. The van der Waals surface area contributed by atoms with Gasteiger partial charge in [-0.3, -0.25) is 0 Å². The van der Waals surface area contributed by atoms with Crippen LogP contribution < -0.4 is 32.9 Å². The predicted molar refractivity (Wildman–Crippen MR) is 114 cm³/mol. The molecular weight excluding hydrogens is 399 g/mol. The molecule has 0 fully saturated rings. The lowest BCUT2D eigenvalue weighted by Gasteiger charge is -2.26. The summed E-state index contributed by atoms with van der Waals surface area (Å²) in [6.45, 7) is 2.05. The molecule has 0 bridgehead atoms. The van der Waals surface area contributed by atoms with E-state index in [0.29, 0.717) is 0 Å². The average Bonchev–Trinajstić information content (AvgIpc) is 2.70. The van der Waals surface area contributed by atoms with Crippen LogP contribution in [0, 0.1) is 0 Å². The van der Waals surface area contributed by atoms with Gasteiger partial charge >= 0.3 is 0 Å². The first-order valence-corrected chi connectivity index (χ1v) is 10.7. The molecule has 3 aromatic rings. The summed E-state index contributed by atoms with van der Waals surface area (Å²) in [4.78, 5) is 0. The van der Waals surface area contributed by atoms with Gasteiger partial charge in [-0.05, 0) is 49.4 Å². The summed E-state index contributed by atoms with van der Waals surface area (Å²) in [7, 11) is -1.71. The maximum atomic E-state index is 2.32. The van der Waals surface area contributed by atoms with Crippen molar-refractivity contribution >= 4 is 23.2 Å². The van der Waals surface area contributed by atoms with Crippen LogP contribution in [0.3, 0.4) is 0 Å². The molecule has 0 nitrogen and oxygen atoms in total. The number of hydrogen-bond donors (Lipinski definition) is 0. The Hall–Kier alpha value is -1.95. The molecule has 0 spiro atoms. The Morgan fingerprint density at radius 3 is 1.35 bits per heavy atom. The molecule has 132 valence electrons. The van der Waals surface area contributed by atoms with Crippen LogP contribution in [0.5, 0.6) is 0 Å². The van der Waals surface area contributed by atoms with E-state index in [9.17, 15) is 0 Å². The summed E-state index contributed by atoms with van der Waals surface area (Å²) in [6.07, 6.45) is 9.69. The Morgan fingerprint density at radius 2 is 1.00 bits per heavy atom. The summed E-state index contributed by atoms with van der Waals surface area (Å²) in [5.74, 6) is 0. The zero-order valence-electron chi connectivity index (χ0n) is 15.0. The number of benzene rings is 3. The van der Waals surface area contributed by atoms with E-state index in [2.05, 4.69) is 122 Å². The van der Waals surface area contributed by atoms with E-state index in [0.717, 1.165) is 6.16 Å².